The van der Waals surface area contributed by atoms with Gasteiger partial charge in [-0.3, -0.25) is 9.89 Å². The van der Waals surface area contributed by atoms with Crippen molar-refractivity contribution in [3.05, 3.63) is 66.4 Å². The number of aromatic amines is 1. The van der Waals surface area contributed by atoms with Gasteiger partial charge >= 0.3 is 0 Å². The maximum Gasteiger partial charge on any atom is 0.274 e. The van der Waals surface area contributed by atoms with E-state index >= 15 is 0 Å². The van der Waals surface area contributed by atoms with Crippen LogP contribution in [0.4, 0.5) is 10.1 Å². The maximum atomic E-state index is 12.8. The van der Waals surface area contributed by atoms with Crippen LogP contribution in [0, 0.1) is 5.82 Å². The number of aromatic nitrogens is 3. The first-order valence-corrected chi connectivity index (χ1v) is 6.25. The third kappa shape index (κ3) is 2.94. The fraction of sp³-hybridized carbons (Fsp3) is 0. The average Bonchev–Trinajstić information content (AvgIpc) is 3.03. The molecule has 21 heavy (non-hydrogen) atoms. The summed E-state index contributed by atoms with van der Waals surface area (Å²) in [6.07, 6.45) is 2.68. The molecule has 2 N–H and O–H groups in total. The van der Waals surface area contributed by atoms with Crippen LogP contribution in [0.5, 0.6) is 0 Å². The summed E-state index contributed by atoms with van der Waals surface area (Å²) in [6, 6.07) is 11.7. The molecule has 6 heteroatoms. The number of carbonyl (C=O) groups is 1. The number of amides is 1. The van der Waals surface area contributed by atoms with Crippen molar-refractivity contribution in [2.45, 2.75) is 0 Å². The van der Waals surface area contributed by atoms with Crippen molar-refractivity contribution in [2.24, 2.45) is 0 Å². The van der Waals surface area contributed by atoms with Crippen LogP contribution in [0.25, 0.3) is 11.3 Å². The Bertz CT molecular complexity index is 736. The number of pyridine rings is 1. The largest absolute Gasteiger partial charge is 0.321 e. The lowest BCUT2D eigenvalue weighted by Gasteiger charge is -2.05. The molecule has 0 saturated heterocycles. The molecule has 3 aromatic rings. The fourth-order valence-corrected chi connectivity index (χ4v) is 1.86. The molecule has 0 spiro atoms. The van der Waals surface area contributed by atoms with Crippen LogP contribution >= 0.6 is 0 Å². The topological polar surface area (TPSA) is 70.7 Å². The highest BCUT2D eigenvalue weighted by Crippen LogP contribution is 2.19. The zero-order valence-corrected chi connectivity index (χ0v) is 10.9. The van der Waals surface area contributed by atoms with Gasteiger partial charge in [0, 0.05) is 11.9 Å². The molecule has 0 fully saturated rings. The lowest BCUT2D eigenvalue weighted by atomic mass is 10.1. The van der Waals surface area contributed by atoms with E-state index in [0.717, 1.165) is 17.5 Å². The van der Waals surface area contributed by atoms with Crippen molar-refractivity contribution in [1.82, 2.24) is 15.2 Å². The van der Waals surface area contributed by atoms with Gasteiger partial charge in [-0.25, -0.2) is 9.37 Å². The van der Waals surface area contributed by atoms with Crippen molar-refractivity contribution < 1.29 is 9.18 Å². The van der Waals surface area contributed by atoms with Gasteiger partial charge in [-0.05, 0) is 35.9 Å². The van der Waals surface area contributed by atoms with Crippen molar-refractivity contribution in [1.29, 1.82) is 0 Å². The van der Waals surface area contributed by atoms with E-state index in [-0.39, 0.29) is 11.6 Å². The first-order valence-electron chi connectivity index (χ1n) is 6.25. The molecular weight excluding hydrogens is 271 g/mol. The predicted octanol–water partition coefficient (Wildman–Crippen LogP) is 2.86. The molecule has 1 aromatic carbocycles. The number of benzene rings is 1. The Balaban J connectivity index is 1.73. The molecule has 0 bridgehead atoms. The van der Waals surface area contributed by atoms with Gasteiger partial charge in [0.25, 0.3) is 5.91 Å². The lowest BCUT2D eigenvalue weighted by molar-refractivity contribution is 0.102. The average molecular weight is 282 g/mol. The highest BCUT2D eigenvalue weighted by atomic mass is 19.1. The van der Waals surface area contributed by atoms with E-state index in [4.69, 9.17) is 0 Å². The third-order valence-electron chi connectivity index (χ3n) is 2.91. The molecule has 3 rings (SSSR count). The van der Waals surface area contributed by atoms with Crippen LogP contribution in [0.2, 0.25) is 0 Å². The van der Waals surface area contributed by atoms with Gasteiger partial charge in [-0.2, -0.15) is 5.10 Å². The number of nitrogens with zero attached hydrogens (tertiary/aromatic N) is 2. The van der Waals surface area contributed by atoms with Crippen molar-refractivity contribution >= 4 is 11.6 Å². The number of hydrogen-bond donors (Lipinski definition) is 2. The Morgan fingerprint density at radius 3 is 2.52 bits per heavy atom. The lowest BCUT2D eigenvalue weighted by Crippen LogP contribution is -2.13. The first kappa shape index (κ1) is 13.0. The van der Waals surface area contributed by atoms with E-state index in [9.17, 15) is 9.18 Å². The maximum absolute atomic E-state index is 12.8. The fourth-order valence-electron chi connectivity index (χ4n) is 1.86. The zero-order chi connectivity index (χ0) is 14.7. The van der Waals surface area contributed by atoms with Crippen LogP contribution in [-0.2, 0) is 0 Å². The minimum Gasteiger partial charge on any atom is -0.321 e. The van der Waals surface area contributed by atoms with Gasteiger partial charge in [-0.1, -0.05) is 12.1 Å². The standard InChI is InChI=1S/C15H11FN4O/c16-11-3-6-14(17-9-11)15(21)19-12-4-1-10(2-5-12)13-7-8-18-20-13/h1-9H,(H,18,20)(H,19,21). The molecule has 0 unspecified atom stereocenters. The molecule has 2 aromatic heterocycles. The van der Waals surface area contributed by atoms with E-state index in [0.29, 0.717) is 5.69 Å². The number of halogens is 1. The number of rotatable bonds is 3. The Hall–Kier alpha value is -3.02. The Kier molecular flexibility index (Phi) is 3.42. The van der Waals surface area contributed by atoms with Crippen molar-refractivity contribution in [3.63, 3.8) is 0 Å². The van der Waals surface area contributed by atoms with Gasteiger partial charge in [0.05, 0.1) is 11.9 Å². The van der Waals surface area contributed by atoms with E-state index < -0.39 is 5.82 Å². The molecule has 0 aliphatic heterocycles. The van der Waals surface area contributed by atoms with Gasteiger partial charge < -0.3 is 5.32 Å². The van der Waals surface area contributed by atoms with Gasteiger partial charge in [0.15, 0.2) is 0 Å². The van der Waals surface area contributed by atoms with Gasteiger partial charge in [0.2, 0.25) is 0 Å². The third-order valence-corrected chi connectivity index (χ3v) is 2.91. The van der Waals surface area contributed by atoms with Crippen LogP contribution in [0.3, 0.4) is 0 Å². The summed E-state index contributed by atoms with van der Waals surface area (Å²) in [4.78, 5) is 15.7. The SMILES string of the molecule is O=C(Nc1ccc(-c2ccn[nH]2)cc1)c1ccc(F)cn1. The number of hydrogen-bond acceptors (Lipinski definition) is 3. The quantitative estimate of drug-likeness (QED) is 0.776. The highest BCUT2D eigenvalue weighted by molar-refractivity contribution is 6.02. The monoisotopic (exact) mass is 282 g/mol. The Morgan fingerprint density at radius 2 is 1.90 bits per heavy atom. The molecule has 104 valence electrons. The normalized spacial score (nSPS) is 10.3. The smallest absolute Gasteiger partial charge is 0.274 e. The second-order valence-corrected chi connectivity index (χ2v) is 4.36. The van der Waals surface area contributed by atoms with Crippen LogP contribution < -0.4 is 5.32 Å². The molecular formula is C15H11FN4O. The van der Waals surface area contributed by atoms with Crippen molar-refractivity contribution in [2.75, 3.05) is 5.32 Å². The highest BCUT2D eigenvalue weighted by Gasteiger charge is 2.08. The summed E-state index contributed by atoms with van der Waals surface area (Å²) >= 11 is 0. The van der Waals surface area contributed by atoms with E-state index in [2.05, 4.69) is 20.5 Å². The number of nitrogens with one attached hydrogen (secondary N) is 2. The summed E-state index contributed by atoms with van der Waals surface area (Å²) in [7, 11) is 0. The Morgan fingerprint density at radius 1 is 1.10 bits per heavy atom. The van der Waals surface area contributed by atoms with Gasteiger partial charge in [-0.15, -0.1) is 0 Å². The van der Waals surface area contributed by atoms with E-state index in [1.54, 1.807) is 18.3 Å². The zero-order valence-electron chi connectivity index (χ0n) is 10.9. The molecule has 0 aliphatic rings. The summed E-state index contributed by atoms with van der Waals surface area (Å²) in [5, 5.41) is 9.44. The molecule has 1 amide bonds. The van der Waals surface area contributed by atoms with E-state index in [1.165, 1.54) is 12.1 Å². The molecule has 0 saturated carbocycles. The molecule has 0 atom stereocenters. The number of carbonyl (C=O) groups excluding carboxylic acids is 1. The minimum absolute atomic E-state index is 0.161. The Labute approximate surface area is 119 Å². The van der Waals surface area contributed by atoms with E-state index in [1.807, 2.05) is 18.2 Å². The van der Waals surface area contributed by atoms with Gasteiger partial charge in [0.1, 0.15) is 11.5 Å². The second kappa shape index (κ2) is 5.54. The molecule has 5 nitrogen and oxygen atoms in total. The molecule has 0 aliphatic carbocycles. The number of anilines is 1. The summed E-state index contributed by atoms with van der Waals surface area (Å²) < 4.78 is 12.8. The van der Waals surface area contributed by atoms with Crippen molar-refractivity contribution in [3.8, 4) is 11.3 Å². The second-order valence-electron chi connectivity index (χ2n) is 4.36. The van der Waals surface area contributed by atoms with Crippen LogP contribution in [0.15, 0.2) is 54.9 Å². The summed E-state index contributed by atoms with van der Waals surface area (Å²) in [5.74, 6) is -0.861. The number of H-pyrrole nitrogens is 1. The first-order chi connectivity index (χ1) is 10.2. The summed E-state index contributed by atoms with van der Waals surface area (Å²) in [6.45, 7) is 0. The minimum atomic E-state index is -0.476. The van der Waals surface area contributed by atoms with Crippen LogP contribution in [0.1, 0.15) is 10.5 Å². The molecule has 0 radical (unpaired) electrons. The molecule has 2 heterocycles. The predicted molar refractivity (Wildman–Crippen MR) is 76.2 cm³/mol. The van der Waals surface area contributed by atoms with Crippen LogP contribution in [-0.4, -0.2) is 21.1 Å². The summed E-state index contributed by atoms with van der Waals surface area (Å²) in [5.41, 5.74) is 2.65.